The zero-order valence-corrected chi connectivity index (χ0v) is 21.0. The van der Waals surface area contributed by atoms with Crippen molar-refractivity contribution in [3.63, 3.8) is 0 Å². The lowest BCUT2D eigenvalue weighted by Gasteiger charge is -2.38. The lowest BCUT2D eigenvalue weighted by molar-refractivity contribution is -0.145. The summed E-state index contributed by atoms with van der Waals surface area (Å²) in [7, 11) is 1.55. The second-order valence-corrected chi connectivity index (χ2v) is 8.47. The number of ether oxygens (including phenoxy) is 2. The molecule has 2 heterocycles. The van der Waals surface area contributed by atoms with Gasteiger partial charge in [-0.25, -0.2) is 14.5 Å². The van der Waals surface area contributed by atoms with Crippen LogP contribution in [0.15, 0.2) is 47.3 Å². The van der Waals surface area contributed by atoms with Gasteiger partial charge in [-0.1, -0.05) is 5.21 Å². The van der Waals surface area contributed by atoms with Gasteiger partial charge in [0, 0.05) is 12.5 Å². The first-order chi connectivity index (χ1) is 18.5. The predicted molar refractivity (Wildman–Crippen MR) is 133 cm³/mol. The number of carboxylic acids is 1. The minimum atomic E-state index is -1.81. The summed E-state index contributed by atoms with van der Waals surface area (Å²) in [6, 6.07) is 4.59. The van der Waals surface area contributed by atoms with Gasteiger partial charge in [-0.2, -0.15) is 0 Å². The molecule has 1 aromatic carbocycles. The molecule has 8 N–H and O–H groups in total. The van der Waals surface area contributed by atoms with Gasteiger partial charge in [0.2, 0.25) is 17.6 Å². The molecule has 2 amide bonds. The zero-order chi connectivity index (χ0) is 28.7. The first-order valence-corrected chi connectivity index (χ1v) is 11.6. The molecule has 0 spiro atoms. The molecule has 16 heteroatoms. The van der Waals surface area contributed by atoms with Gasteiger partial charge in [-0.05, 0) is 30.3 Å². The molecular weight excluding hydrogens is 518 g/mol. The number of aliphatic hydroxyl groups excluding tert-OH is 3. The molecule has 1 aliphatic rings. The Kier molecular flexibility index (Phi) is 9.53. The van der Waals surface area contributed by atoms with Crippen molar-refractivity contribution in [1.82, 2.24) is 25.6 Å². The summed E-state index contributed by atoms with van der Waals surface area (Å²) in [5.41, 5.74) is 7.14. The van der Waals surface area contributed by atoms with E-state index in [2.05, 4.69) is 25.9 Å². The van der Waals surface area contributed by atoms with Crippen molar-refractivity contribution in [3.05, 3.63) is 42.3 Å². The standard InChI is InChI=1S/C23H29N7O9/c1-11(32)25-19-14(7-17(22(36)37)39-21(19)20(35)16(33)10-31)26-23(24)27-18(34)9-30-8-15(28-29-30)12-3-5-13(38-2)6-4-12/h3-8,14,16,19-21,31,33,35H,9-10H2,1-2H3,(H,25,32)(H,36,37)(H3,24,26,27,34)/t14-,16+,19+,20+,21+/m0/s1. The van der Waals surface area contributed by atoms with Crippen LogP contribution in [0.1, 0.15) is 6.92 Å². The Morgan fingerprint density at radius 2 is 1.95 bits per heavy atom. The maximum atomic E-state index is 12.5. The molecule has 0 fully saturated rings. The fourth-order valence-electron chi connectivity index (χ4n) is 3.75. The number of carboxylic acid groups (broad SMARTS) is 1. The Bertz CT molecular complexity index is 1240. The molecule has 1 aromatic heterocycles. The SMILES string of the molecule is COc1ccc(-c2cn(CC(=O)NC(N)=N[C@H]3C=C(C(=O)O)O[C@@H]([C@H](O)[C@H](O)CO)[C@@H]3NC(C)=O)nn2)cc1. The second kappa shape index (κ2) is 12.8. The number of carbonyl (C=O) groups is 3. The predicted octanol–water partition coefficient (Wildman–Crippen LogP) is -2.66. The van der Waals surface area contributed by atoms with E-state index in [9.17, 15) is 34.8 Å². The zero-order valence-electron chi connectivity index (χ0n) is 21.0. The van der Waals surface area contributed by atoms with Crippen LogP contribution in [0.4, 0.5) is 0 Å². The van der Waals surface area contributed by atoms with E-state index < -0.39 is 66.5 Å². The summed E-state index contributed by atoms with van der Waals surface area (Å²) < 4.78 is 11.7. The summed E-state index contributed by atoms with van der Waals surface area (Å²) in [5, 5.41) is 51.7. The number of benzene rings is 1. The van der Waals surface area contributed by atoms with Crippen molar-refractivity contribution in [1.29, 1.82) is 0 Å². The lowest BCUT2D eigenvalue weighted by atomic mass is 9.92. The fourth-order valence-corrected chi connectivity index (χ4v) is 3.75. The smallest absolute Gasteiger partial charge is 0.370 e. The molecule has 0 aliphatic carbocycles. The molecule has 2 aromatic rings. The summed E-state index contributed by atoms with van der Waals surface area (Å²) in [4.78, 5) is 40.0. The van der Waals surface area contributed by atoms with Crippen molar-refractivity contribution in [2.45, 2.75) is 43.9 Å². The van der Waals surface area contributed by atoms with Gasteiger partial charge in [-0.3, -0.25) is 14.9 Å². The van der Waals surface area contributed by atoms with Gasteiger partial charge in [0.15, 0.2) is 5.96 Å². The van der Waals surface area contributed by atoms with Crippen LogP contribution in [-0.2, 0) is 25.7 Å². The minimum absolute atomic E-state index is 0.289. The van der Waals surface area contributed by atoms with Gasteiger partial charge >= 0.3 is 5.97 Å². The normalized spacial score (nSPS) is 20.7. The van der Waals surface area contributed by atoms with Crippen LogP contribution in [-0.4, -0.2) is 103 Å². The van der Waals surface area contributed by atoms with Crippen LogP contribution in [0.25, 0.3) is 11.3 Å². The highest BCUT2D eigenvalue weighted by atomic mass is 16.5. The van der Waals surface area contributed by atoms with Crippen molar-refractivity contribution < 1.29 is 44.3 Å². The minimum Gasteiger partial charge on any atom is -0.497 e. The molecule has 5 atom stereocenters. The van der Waals surface area contributed by atoms with Crippen LogP contribution in [0.5, 0.6) is 5.75 Å². The number of amides is 2. The van der Waals surface area contributed by atoms with Crippen LogP contribution in [0.2, 0.25) is 0 Å². The topological polar surface area (TPSA) is 244 Å². The Labute approximate surface area is 221 Å². The highest BCUT2D eigenvalue weighted by Gasteiger charge is 2.43. The average Bonchev–Trinajstić information content (AvgIpc) is 3.36. The van der Waals surface area contributed by atoms with E-state index in [0.29, 0.717) is 11.4 Å². The van der Waals surface area contributed by atoms with E-state index >= 15 is 0 Å². The molecule has 0 bridgehead atoms. The van der Waals surface area contributed by atoms with E-state index in [-0.39, 0.29) is 6.54 Å². The fraction of sp³-hybridized carbons (Fsp3) is 0.391. The number of hydrogen-bond donors (Lipinski definition) is 7. The summed E-state index contributed by atoms with van der Waals surface area (Å²) in [5.74, 6) is -3.16. The van der Waals surface area contributed by atoms with E-state index in [1.807, 2.05) is 0 Å². The van der Waals surface area contributed by atoms with Gasteiger partial charge < -0.3 is 41.0 Å². The van der Waals surface area contributed by atoms with Crippen molar-refractivity contribution >= 4 is 23.7 Å². The first kappa shape index (κ1) is 29.0. The second-order valence-electron chi connectivity index (χ2n) is 8.47. The Hall–Kier alpha value is -4.54. The van der Waals surface area contributed by atoms with E-state index in [1.54, 1.807) is 37.6 Å². The third-order valence-electron chi connectivity index (χ3n) is 5.59. The number of carbonyl (C=O) groups excluding carboxylic acids is 2. The van der Waals surface area contributed by atoms with E-state index in [1.165, 1.54) is 4.68 Å². The first-order valence-electron chi connectivity index (χ1n) is 11.6. The maximum Gasteiger partial charge on any atom is 0.370 e. The number of nitrogens with zero attached hydrogens (tertiary/aromatic N) is 4. The Morgan fingerprint density at radius 3 is 2.54 bits per heavy atom. The number of rotatable bonds is 10. The summed E-state index contributed by atoms with van der Waals surface area (Å²) >= 11 is 0. The number of aromatic nitrogens is 3. The van der Waals surface area contributed by atoms with Crippen molar-refractivity contribution in [3.8, 4) is 17.0 Å². The van der Waals surface area contributed by atoms with Crippen molar-refractivity contribution in [2.24, 2.45) is 10.7 Å². The third kappa shape index (κ3) is 7.50. The molecule has 0 saturated carbocycles. The summed E-state index contributed by atoms with van der Waals surface area (Å²) in [6.45, 7) is 0.00359. The van der Waals surface area contributed by atoms with Gasteiger partial charge in [0.05, 0.1) is 32.0 Å². The third-order valence-corrected chi connectivity index (χ3v) is 5.59. The van der Waals surface area contributed by atoms with Crippen LogP contribution >= 0.6 is 0 Å². The van der Waals surface area contributed by atoms with Crippen LogP contribution < -0.4 is 21.1 Å². The highest BCUT2D eigenvalue weighted by molar-refractivity contribution is 5.96. The maximum absolute atomic E-state index is 12.5. The molecule has 39 heavy (non-hydrogen) atoms. The molecule has 3 rings (SSSR count). The van der Waals surface area contributed by atoms with Gasteiger partial charge in [0.1, 0.15) is 36.3 Å². The van der Waals surface area contributed by atoms with Crippen LogP contribution in [0.3, 0.4) is 0 Å². The number of aliphatic carboxylic acids is 1. The average molecular weight is 548 g/mol. The van der Waals surface area contributed by atoms with Crippen molar-refractivity contribution in [2.75, 3.05) is 13.7 Å². The number of hydrogen-bond acceptors (Lipinski definition) is 11. The van der Waals surface area contributed by atoms with Gasteiger partial charge in [-0.15, -0.1) is 5.10 Å². The highest BCUT2D eigenvalue weighted by Crippen LogP contribution is 2.25. The molecule has 0 radical (unpaired) electrons. The number of aliphatic imine (C=N–C) groups is 1. The number of aliphatic hydroxyl groups is 3. The number of guanidine groups is 1. The molecule has 16 nitrogen and oxygen atoms in total. The molecular formula is C23H29N7O9. The molecule has 0 saturated heterocycles. The monoisotopic (exact) mass is 547 g/mol. The number of nitrogens with two attached hydrogens (primary N) is 1. The lowest BCUT2D eigenvalue weighted by Crippen LogP contribution is -2.60. The van der Waals surface area contributed by atoms with Crippen LogP contribution in [0, 0.1) is 0 Å². The largest absolute Gasteiger partial charge is 0.497 e. The van der Waals surface area contributed by atoms with E-state index in [4.69, 9.17) is 15.2 Å². The number of nitrogens with one attached hydrogen (secondary N) is 2. The quantitative estimate of drug-likeness (QED) is 0.119. The Morgan fingerprint density at radius 1 is 1.26 bits per heavy atom. The molecule has 0 unspecified atom stereocenters. The van der Waals surface area contributed by atoms with E-state index in [0.717, 1.165) is 18.6 Å². The number of methoxy groups -OCH3 is 1. The molecule has 1 aliphatic heterocycles. The Balaban J connectivity index is 1.76. The van der Waals surface area contributed by atoms with Gasteiger partial charge in [0.25, 0.3) is 0 Å². The summed E-state index contributed by atoms with van der Waals surface area (Å²) in [6.07, 6.45) is -2.49. The molecule has 210 valence electrons.